The number of urea groups is 1. The molecule has 1 aliphatic heterocycles. The number of piperazine rings is 1. The molecule has 26 heavy (non-hydrogen) atoms. The van der Waals surface area contributed by atoms with E-state index in [4.69, 9.17) is 4.74 Å². The van der Waals surface area contributed by atoms with Crippen molar-refractivity contribution in [1.82, 2.24) is 10.6 Å². The van der Waals surface area contributed by atoms with Crippen LogP contribution in [0.15, 0.2) is 30.3 Å². The van der Waals surface area contributed by atoms with Crippen molar-refractivity contribution in [2.45, 2.75) is 26.3 Å². The molecule has 1 saturated heterocycles. The van der Waals surface area contributed by atoms with Crippen LogP contribution in [0.2, 0.25) is 0 Å². The molecule has 1 heterocycles. The van der Waals surface area contributed by atoms with Crippen LogP contribution in [0.3, 0.4) is 0 Å². The summed E-state index contributed by atoms with van der Waals surface area (Å²) in [5, 5.41) is 5.16. The Hall–Kier alpha value is -2.12. The fourth-order valence-corrected chi connectivity index (χ4v) is 2.97. The Bertz CT molecular complexity index is 559. The molecule has 0 saturated carbocycles. The number of rotatable bonds is 8. The largest absolute Gasteiger partial charge is 0.488 e. The summed E-state index contributed by atoms with van der Waals surface area (Å²) in [6.07, 6.45) is 0.839. The molecule has 0 radical (unpaired) electrons. The van der Waals surface area contributed by atoms with Gasteiger partial charge in [-0.1, -0.05) is 25.1 Å². The summed E-state index contributed by atoms with van der Waals surface area (Å²) in [4.78, 5) is 26.4. The lowest BCUT2D eigenvalue weighted by Crippen LogP contribution is -3.28. The molecule has 3 amide bonds. The fourth-order valence-electron chi connectivity index (χ4n) is 2.97. The van der Waals surface area contributed by atoms with Crippen molar-refractivity contribution in [1.29, 1.82) is 0 Å². The van der Waals surface area contributed by atoms with Gasteiger partial charge in [0.2, 0.25) is 0 Å². The Morgan fingerprint density at radius 3 is 2.42 bits per heavy atom. The lowest BCUT2D eigenvalue weighted by atomic mass is 10.3. The highest BCUT2D eigenvalue weighted by atomic mass is 16.5. The van der Waals surface area contributed by atoms with Gasteiger partial charge in [0.05, 0.1) is 0 Å². The molecule has 1 fully saturated rings. The molecular weight excluding hydrogens is 332 g/mol. The number of benzene rings is 1. The van der Waals surface area contributed by atoms with Crippen molar-refractivity contribution in [3.8, 4) is 5.75 Å². The summed E-state index contributed by atoms with van der Waals surface area (Å²) < 4.78 is 5.75. The Balaban J connectivity index is 1.59. The van der Waals surface area contributed by atoms with Crippen molar-refractivity contribution in [3.63, 3.8) is 0 Å². The number of carbonyl (C=O) groups is 2. The lowest BCUT2D eigenvalue weighted by Gasteiger charge is -2.29. The minimum absolute atomic E-state index is 0.0698. The van der Waals surface area contributed by atoms with E-state index in [1.807, 2.05) is 44.2 Å². The number of nitrogens with one attached hydrogen (secondary N) is 4. The predicted octanol–water partition coefficient (Wildman–Crippen LogP) is -1.53. The second kappa shape index (κ2) is 10.8. The van der Waals surface area contributed by atoms with E-state index in [-0.39, 0.29) is 11.9 Å². The first-order chi connectivity index (χ1) is 12.6. The maximum absolute atomic E-state index is 12.0. The summed E-state index contributed by atoms with van der Waals surface area (Å²) in [5.41, 5.74) is 0. The van der Waals surface area contributed by atoms with Gasteiger partial charge in [-0.2, -0.15) is 0 Å². The highest BCUT2D eigenvalue weighted by Gasteiger charge is 2.25. The average Bonchev–Trinajstić information content (AvgIpc) is 2.63. The summed E-state index contributed by atoms with van der Waals surface area (Å²) in [6, 6.07) is 9.52. The van der Waals surface area contributed by atoms with Crippen molar-refractivity contribution in [2.75, 3.05) is 45.9 Å². The molecule has 0 spiro atoms. The third-order valence-corrected chi connectivity index (χ3v) is 4.79. The Morgan fingerprint density at radius 1 is 1.12 bits per heavy atom. The molecule has 2 rings (SSSR count). The first kappa shape index (κ1) is 20.2. The quantitative estimate of drug-likeness (QED) is 0.452. The monoisotopic (exact) mass is 364 g/mol. The molecular formula is C19H32N4O3+2. The fraction of sp³-hybridized carbons (Fsp3) is 0.579. The molecule has 1 atom stereocenters. The molecule has 0 aliphatic carbocycles. The number of quaternary nitrogens is 2. The molecule has 1 aliphatic rings. The molecule has 144 valence electrons. The van der Waals surface area contributed by atoms with E-state index < -0.39 is 6.03 Å². The van der Waals surface area contributed by atoms with Gasteiger partial charge in [0.1, 0.15) is 45.1 Å². The van der Waals surface area contributed by atoms with E-state index in [0.29, 0.717) is 13.2 Å². The normalized spacial score (nSPS) is 20.8. The summed E-state index contributed by atoms with van der Waals surface area (Å²) in [7, 11) is 0. The SMILES string of the molecule is CC[C@H](C)NC(=O)NC(=O)C[NH+]1CC[NH+](CCOc2ccccc2)CC1. The zero-order valence-electron chi connectivity index (χ0n) is 15.8. The van der Waals surface area contributed by atoms with Crippen LogP contribution < -0.4 is 25.2 Å². The maximum atomic E-state index is 12.0. The second-order valence-electron chi connectivity index (χ2n) is 6.92. The van der Waals surface area contributed by atoms with Gasteiger partial charge in [-0.05, 0) is 25.5 Å². The number of amides is 3. The van der Waals surface area contributed by atoms with Crippen LogP contribution in [0.5, 0.6) is 5.75 Å². The van der Waals surface area contributed by atoms with Gasteiger partial charge in [0.25, 0.3) is 5.91 Å². The third kappa shape index (κ3) is 7.41. The van der Waals surface area contributed by atoms with Crippen molar-refractivity contribution in [2.24, 2.45) is 0 Å². The van der Waals surface area contributed by atoms with Crippen LogP contribution in [0.4, 0.5) is 4.79 Å². The zero-order chi connectivity index (χ0) is 18.8. The van der Waals surface area contributed by atoms with E-state index in [1.54, 1.807) is 0 Å². The predicted molar refractivity (Wildman–Crippen MR) is 99.5 cm³/mol. The first-order valence-electron chi connectivity index (χ1n) is 9.52. The molecule has 1 aromatic carbocycles. The van der Waals surface area contributed by atoms with Gasteiger partial charge in [0.15, 0.2) is 6.54 Å². The number of hydrogen-bond donors (Lipinski definition) is 4. The summed E-state index contributed by atoms with van der Waals surface area (Å²) in [6.45, 7) is 9.81. The van der Waals surface area contributed by atoms with Crippen LogP contribution in [0.25, 0.3) is 0 Å². The molecule has 7 heteroatoms. The Morgan fingerprint density at radius 2 is 1.77 bits per heavy atom. The Kier molecular flexibility index (Phi) is 8.37. The van der Waals surface area contributed by atoms with Gasteiger partial charge < -0.3 is 19.9 Å². The minimum Gasteiger partial charge on any atom is -0.488 e. The molecule has 0 aromatic heterocycles. The van der Waals surface area contributed by atoms with Gasteiger partial charge >= 0.3 is 6.03 Å². The van der Waals surface area contributed by atoms with E-state index >= 15 is 0 Å². The van der Waals surface area contributed by atoms with Crippen molar-refractivity contribution < 1.29 is 24.1 Å². The van der Waals surface area contributed by atoms with Crippen LogP contribution in [0, 0.1) is 0 Å². The van der Waals surface area contributed by atoms with E-state index in [0.717, 1.165) is 44.9 Å². The third-order valence-electron chi connectivity index (χ3n) is 4.79. The highest BCUT2D eigenvalue weighted by molar-refractivity contribution is 5.94. The maximum Gasteiger partial charge on any atom is 0.321 e. The average molecular weight is 364 g/mol. The topological polar surface area (TPSA) is 76.3 Å². The number of carbonyl (C=O) groups excluding carboxylic acids is 2. The summed E-state index contributed by atoms with van der Waals surface area (Å²) in [5.74, 6) is 0.695. The minimum atomic E-state index is -0.397. The van der Waals surface area contributed by atoms with E-state index in [2.05, 4.69) is 10.6 Å². The van der Waals surface area contributed by atoms with Gasteiger partial charge in [-0.3, -0.25) is 10.1 Å². The second-order valence-corrected chi connectivity index (χ2v) is 6.92. The zero-order valence-corrected chi connectivity index (χ0v) is 15.8. The standard InChI is InChI=1S/C19H30N4O3/c1-3-16(2)20-19(25)21-18(24)15-23-11-9-22(10-12-23)13-14-26-17-7-5-4-6-8-17/h4-8,16H,3,9-15H2,1-2H3,(H2,20,21,24,25)/p+2/t16-/m0/s1. The Labute approximate surface area is 155 Å². The van der Waals surface area contributed by atoms with Crippen LogP contribution >= 0.6 is 0 Å². The summed E-state index contributed by atoms with van der Waals surface area (Å²) >= 11 is 0. The van der Waals surface area contributed by atoms with Crippen LogP contribution in [-0.4, -0.2) is 63.9 Å². The van der Waals surface area contributed by atoms with Gasteiger partial charge in [-0.15, -0.1) is 0 Å². The molecule has 0 unspecified atom stereocenters. The van der Waals surface area contributed by atoms with Gasteiger partial charge in [-0.25, -0.2) is 4.79 Å². The van der Waals surface area contributed by atoms with Crippen molar-refractivity contribution >= 4 is 11.9 Å². The number of para-hydroxylation sites is 1. The first-order valence-corrected chi connectivity index (χ1v) is 9.52. The number of imide groups is 1. The van der Waals surface area contributed by atoms with Gasteiger partial charge in [0, 0.05) is 6.04 Å². The molecule has 0 bridgehead atoms. The smallest absolute Gasteiger partial charge is 0.321 e. The van der Waals surface area contributed by atoms with Crippen LogP contribution in [0.1, 0.15) is 20.3 Å². The van der Waals surface area contributed by atoms with E-state index in [9.17, 15) is 9.59 Å². The molecule has 7 nitrogen and oxygen atoms in total. The molecule has 4 N–H and O–H groups in total. The van der Waals surface area contributed by atoms with Crippen LogP contribution in [-0.2, 0) is 4.79 Å². The number of hydrogen-bond acceptors (Lipinski definition) is 3. The van der Waals surface area contributed by atoms with E-state index in [1.165, 1.54) is 9.80 Å². The highest BCUT2D eigenvalue weighted by Crippen LogP contribution is 2.06. The van der Waals surface area contributed by atoms with Crippen molar-refractivity contribution in [3.05, 3.63) is 30.3 Å². The molecule has 1 aromatic rings. The lowest BCUT2D eigenvalue weighted by molar-refractivity contribution is -1.01. The number of ether oxygens (including phenoxy) is 1.